The van der Waals surface area contributed by atoms with Crippen molar-refractivity contribution in [3.63, 3.8) is 0 Å². The third-order valence-electron chi connectivity index (χ3n) is 2.20. The van der Waals surface area contributed by atoms with Crippen LogP contribution >= 0.6 is 0 Å². The van der Waals surface area contributed by atoms with E-state index in [1.807, 2.05) is 0 Å². The van der Waals surface area contributed by atoms with E-state index in [2.05, 4.69) is 34.3 Å². The van der Waals surface area contributed by atoms with E-state index in [0.29, 0.717) is 11.8 Å². The lowest BCUT2D eigenvalue weighted by atomic mass is 9.85. The maximum absolute atomic E-state index is 9.12. The smallest absolute Gasteiger partial charge is 0.0498 e. The van der Waals surface area contributed by atoms with Gasteiger partial charge >= 0.3 is 0 Å². The molecular weight excluding hydrogens is 148 g/mol. The predicted octanol–water partition coefficient (Wildman–Crippen LogP) is 2.85. The second kappa shape index (κ2) is 5.36. The second-order valence-electron chi connectivity index (χ2n) is 4.29. The van der Waals surface area contributed by atoms with Crippen molar-refractivity contribution >= 4 is 0 Å². The first-order valence-corrected chi connectivity index (χ1v) is 4.77. The summed E-state index contributed by atoms with van der Waals surface area (Å²) in [5, 5.41) is 9.12. The van der Waals surface area contributed by atoms with Gasteiger partial charge in [0.25, 0.3) is 0 Å². The molecule has 0 aliphatic carbocycles. The van der Waals surface area contributed by atoms with E-state index in [-0.39, 0.29) is 12.5 Å². The molecule has 12 heavy (non-hydrogen) atoms. The van der Waals surface area contributed by atoms with Crippen LogP contribution in [0.15, 0.2) is 12.2 Å². The average molecular weight is 170 g/mol. The van der Waals surface area contributed by atoms with Gasteiger partial charge in [0.05, 0.1) is 0 Å². The highest BCUT2D eigenvalue weighted by Crippen LogP contribution is 2.23. The Hall–Kier alpha value is -0.300. The Bertz CT molecular complexity index is 136. The number of hydrogen-bond acceptors (Lipinski definition) is 1. The van der Waals surface area contributed by atoms with E-state index < -0.39 is 0 Å². The van der Waals surface area contributed by atoms with Gasteiger partial charge in [-0.15, -0.1) is 0 Å². The van der Waals surface area contributed by atoms with E-state index in [9.17, 15) is 0 Å². The van der Waals surface area contributed by atoms with Crippen LogP contribution in [-0.2, 0) is 0 Å². The Kier molecular flexibility index (Phi) is 5.23. The summed E-state index contributed by atoms with van der Waals surface area (Å²) < 4.78 is 0. The van der Waals surface area contributed by atoms with Crippen molar-refractivity contribution in [2.24, 2.45) is 17.8 Å². The van der Waals surface area contributed by atoms with Crippen molar-refractivity contribution in [2.45, 2.75) is 34.1 Å². The zero-order valence-electron chi connectivity index (χ0n) is 8.80. The first-order chi connectivity index (χ1) is 5.49. The van der Waals surface area contributed by atoms with Gasteiger partial charge in [-0.2, -0.15) is 0 Å². The molecule has 1 N–H and O–H groups in total. The zero-order chi connectivity index (χ0) is 9.72. The molecule has 0 radical (unpaired) electrons. The van der Waals surface area contributed by atoms with Crippen molar-refractivity contribution in [1.29, 1.82) is 0 Å². The summed E-state index contributed by atoms with van der Waals surface area (Å²) in [6.07, 6.45) is 1.03. The largest absolute Gasteiger partial charge is 0.396 e. The summed E-state index contributed by atoms with van der Waals surface area (Å²) in [5.74, 6) is 1.43. The highest BCUT2D eigenvalue weighted by Gasteiger charge is 2.16. The third-order valence-corrected chi connectivity index (χ3v) is 2.20. The lowest BCUT2D eigenvalue weighted by Crippen LogP contribution is -2.16. The first kappa shape index (κ1) is 11.7. The fraction of sp³-hybridized carbons (Fsp3) is 0.818. The van der Waals surface area contributed by atoms with Crippen molar-refractivity contribution in [3.8, 4) is 0 Å². The summed E-state index contributed by atoms with van der Waals surface area (Å²) in [4.78, 5) is 0. The van der Waals surface area contributed by atoms with Gasteiger partial charge in [-0.25, -0.2) is 0 Å². The number of aliphatic hydroxyl groups excluding tert-OH is 1. The van der Waals surface area contributed by atoms with Gasteiger partial charge < -0.3 is 5.11 Å². The molecule has 0 saturated carbocycles. The molecule has 0 aliphatic rings. The van der Waals surface area contributed by atoms with E-state index in [1.165, 1.54) is 5.57 Å². The molecular formula is C11H22O. The van der Waals surface area contributed by atoms with Crippen LogP contribution in [0, 0.1) is 17.8 Å². The van der Waals surface area contributed by atoms with Crippen LogP contribution < -0.4 is 0 Å². The minimum absolute atomic E-state index is 0.239. The lowest BCUT2D eigenvalue weighted by Gasteiger charge is -2.22. The predicted molar refractivity (Wildman–Crippen MR) is 54.0 cm³/mol. The van der Waals surface area contributed by atoms with Crippen molar-refractivity contribution in [3.05, 3.63) is 12.2 Å². The topological polar surface area (TPSA) is 20.2 Å². The highest BCUT2D eigenvalue weighted by atomic mass is 16.3. The SMILES string of the molecule is C=C(CC(C)C)C(CO)C(C)C. The van der Waals surface area contributed by atoms with E-state index in [1.54, 1.807) is 0 Å². The maximum Gasteiger partial charge on any atom is 0.0498 e. The summed E-state index contributed by atoms with van der Waals surface area (Å²) in [7, 11) is 0. The number of rotatable bonds is 5. The van der Waals surface area contributed by atoms with E-state index in [4.69, 9.17) is 5.11 Å². The van der Waals surface area contributed by atoms with Gasteiger partial charge in [-0.05, 0) is 18.3 Å². The van der Waals surface area contributed by atoms with Crippen LogP contribution in [0.2, 0.25) is 0 Å². The molecule has 1 heteroatoms. The Labute approximate surface area is 76.5 Å². The van der Waals surface area contributed by atoms with Gasteiger partial charge in [0.2, 0.25) is 0 Å². The van der Waals surface area contributed by atoms with Crippen molar-refractivity contribution < 1.29 is 5.11 Å². The molecule has 0 rings (SSSR count). The molecule has 1 atom stereocenters. The van der Waals surface area contributed by atoms with Crippen LogP contribution in [0.4, 0.5) is 0 Å². The van der Waals surface area contributed by atoms with Crippen LogP contribution in [-0.4, -0.2) is 11.7 Å². The Morgan fingerprint density at radius 2 is 1.75 bits per heavy atom. The monoisotopic (exact) mass is 170 g/mol. The molecule has 0 aliphatic heterocycles. The molecule has 0 fully saturated rings. The summed E-state index contributed by atoms with van der Waals surface area (Å²) in [6, 6.07) is 0. The minimum Gasteiger partial charge on any atom is -0.396 e. The van der Waals surface area contributed by atoms with Gasteiger partial charge in [-0.3, -0.25) is 0 Å². The minimum atomic E-state index is 0.239. The summed E-state index contributed by atoms with van der Waals surface area (Å²) in [5.41, 5.74) is 1.20. The maximum atomic E-state index is 9.12. The fourth-order valence-electron chi connectivity index (χ4n) is 1.49. The summed E-state index contributed by atoms with van der Waals surface area (Å²) in [6.45, 7) is 12.9. The number of aliphatic hydroxyl groups is 1. The Morgan fingerprint density at radius 3 is 2.00 bits per heavy atom. The lowest BCUT2D eigenvalue weighted by molar-refractivity contribution is 0.209. The Balaban J connectivity index is 4.04. The van der Waals surface area contributed by atoms with Crippen LogP contribution in [0.25, 0.3) is 0 Å². The molecule has 0 bridgehead atoms. The zero-order valence-corrected chi connectivity index (χ0v) is 8.80. The standard InChI is InChI=1S/C11H22O/c1-8(2)6-10(5)11(7-12)9(3)4/h8-9,11-12H,5-7H2,1-4H3. The second-order valence-corrected chi connectivity index (χ2v) is 4.29. The van der Waals surface area contributed by atoms with Crippen LogP contribution in [0.3, 0.4) is 0 Å². The van der Waals surface area contributed by atoms with E-state index >= 15 is 0 Å². The molecule has 0 aromatic heterocycles. The molecule has 1 nitrogen and oxygen atoms in total. The van der Waals surface area contributed by atoms with Crippen LogP contribution in [0.1, 0.15) is 34.1 Å². The quantitative estimate of drug-likeness (QED) is 0.629. The van der Waals surface area contributed by atoms with E-state index in [0.717, 1.165) is 6.42 Å². The Morgan fingerprint density at radius 1 is 1.25 bits per heavy atom. The van der Waals surface area contributed by atoms with Crippen molar-refractivity contribution in [1.82, 2.24) is 0 Å². The van der Waals surface area contributed by atoms with Gasteiger partial charge in [0.1, 0.15) is 0 Å². The molecule has 0 aromatic rings. The van der Waals surface area contributed by atoms with Gasteiger partial charge in [0, 0.05) is 12.5 Å². The highest BCUT2D eigenvalue weighted by molar-refractivity contribution is 5.02. The molecule has 0 heterocycles. The molecule has 0 spiro atoms. The first-order valence-electron chi connectivity index (χ1n) is 4.77. The molecule has 0 saturated heterocycles. The third kappa shape index (κ3) is 3.91. The van der Waals surface area contributed by atoms with Crippen molar-refractivity contribution in [2.75, 3.05) is 6.61 Å². The number of hydrogen-bond donors (Lipinski definition) is 1. The molecule has 0 aromatic carbocycles. The van der Waals surface area contributed by atoms with Crippen LogP contribution in [0.5, 0.6) is 0 Å². The van der Waals surface area contributed by atoms with Gasteiger partial charge in [0.15, 0.2) is 0 Å². The molecule has 0 amide bonds. The molecule has 1 unspecified atom stereocenters. The normalized spacial score (nSPS) is 13.9. The summed E-state index contributed by atoms with van der Waals surface area (Å²) >= 11 is 0. The average Bonchev–Trinajstić information content (AvgIpc) is 1.85. The molecule has 72 valence electrons. The van der Waals surface area contributed by atoms with Gasteiger partial charge in [-0.1, -0.05) is 39.8 Å². The fourth-order valence-corrected chi connectivity index (χ4v) is 1.49.